The van der Waals surface area contributed by atoms with Gasteiger partial charge in [-0.1, -0.05) is 0 Å². The van der Waals surface area contributed by atoms with E-state index in [-0.39, 0.29) is 0 Å². The molecule has 0 saturated heterocycles. The van der Waals surface area contributed by atoms with Crippen LogP contribution >= 0.6 is 0 Å². The molecule has 0 spiro atoms. The summed E-state index contributed by atoms with van der Waals surface area (Å²) in [6, 6.07) is 0. The van der Waals surface area contributed by atoms with Crippen molar-refractivity contribution in [3.63, 3.8) is 0 Å². The average Bonchev–Trinajstić information content (AvgIpc) is 2.39. The maximum Gasteiger partial charge on any atom is 0.327 e. The summed E-state index contributed by atoms with van der Waals surface area (Å²) in [7, 11) is 1.86. The lowest BCUT2D eigenvalue weighted by molar-refractivity contribution is -0.139. The van der Waals surface area contributed by atoms with Crippen LogP contribution in [0.5, 0.6) is 0 Å². The summed E-state index contributed by atoms with van der Waals surface area (Å²) in [6.45, 7) is 1.87. The molecule has 2 unspecified atom stereocenters. The molecule has 1 rings (SSSR count). The minimum Gasteiger partial charge on any atom is -0.468 e. The lowest BCUT2D eigenvalue weighted by Gasteiger charge is -2.11. The highest BCUT2D eigenvalue weighted by Crippen LogP contribution is 2.22. The van der Waals surface area contributed by atoms with Crippen LogP contribution in [0.15, 0.2) is 11.3 Å². The highest BCUT2D eigenvalue weighted by Gasteiger charge is 2.36. The molecule has 1 N–H and O–H groups in total. The van der Waals surface area contributed by atoms with Crippen molar-refractivity contribution in [3.8, 4) is 0 Å². The van der Waals surface area contributed by atoms with Gasteiger partial charge >= 0.3 is 5.97 Å². The minimum absolute atomic E-state index is 0.431. The number of hydrogen-bond acceptors (Lipinski definition) is 4. The Kier molecular flexibility index (Phi) is 3.08. The van der Waals surface area contributed by atoms with Crippen LogP contribution in [0.4, 0.5) is 0 Å². The Morgan fingerprint density at radius 1 is 1.69 bits per heavy atom. The first kappa shape index (κ1) is 10.2. The van der Waals surface area contributed by atoms with E-state index in [1.54, 1.807) is 7.05 Å². The minimum atomic E-state index is -1.16. The first-order valence-electron chi connectivity index (χ1n) is 3.94. The molecule has 2 atom stereocenters. The van der Waals surface area contributed by atoms with Gasteiger partial charge in [0.25, 0.3) is 0 Å². The van der Waals surface area contributed by atoms with Gasteiger partial charge in [0.05, 0.1) is 7.11 Å². The van der Waals surface area contributed by atoms with Crippen molar-refractivity contribution in [1.82, 2.24) is 5.32 Å². The molecule has 74 valence electrons. The molecule has 13 heavy (non-hydrogen) atoms. The fourth-order valence-corrected chi connectivity index (χ4v) is 3.05. The third-order valence-electron chi connectivity index (χ3n) is 2.03. The van der Waals surface area contributed by atoms with Crippen molar-refractivity contribution in [2.24, 2.45) is 0 Å². The molecule has 1 heterocycles. The van der Waals surface area contributed by atoms with Gasteiger partial charge in [-0.25, -0.2) is 0 Å². The number of rotatable bonds is 2. The quantitative estimate of drug-likeness (QED) is 0.631. The molecule has 0 bridgehead atoms. The van der Waals surface area contributed by atoms with E-state index in [0.717, 1.165) is 11.3 Å². The van der Waals surface area contributed by atoms with Crippen molar-refractivity contribution < 1.29 is 13.7 Å². The number of nitrogens with one attached hydrogen (secondary N) is 1. The van der Waals surface area contributed by atoms with Crippen LogP contribution in [0.2, 0.25) is 0 Å². The van der Waals surface area contributed by atoms with Gasteiger partial charge in [-0.05, 0) is 12.5 Å². The number of ether oxygens (including phenoxy) is 1. The van der Waals surface area contributed by atoms with E-state index < -0.39 is 22.0 Å². The fraction of sp³-hybridized carbons (Fsp3) is 0.625. The van der Waals surface area contributed by atoms with Crippen molar-refractivity contribution >= 4 is 16.8 Å². The summed E-state index contributed by atoms with van der Waals surface area (Å²) in [5.41, 5.74) is 1.71. The Labute approximate surface area is 79.8 Å². The zero-order valence-corrected chi connectivity index (χ0v) is 8.73. The molecular formula is C8H13NO3S. The zero-order chi connectivity index (χ0) is 10.0. The summed E-state index contributed by atoms with van der Waals surface area (Å²) in [5, 5.41) is 2.28. The molecule has 5 heteroatoms. The van der Waals surface area contributed by atoms with Crippen LogP contribution in [0, 0.1) is 0 Å². The Morgan fingerprint density at radius 3 is 2.77 bits per heavy atom. The maximum atomic E-state index is 11.5. The number of carbonyl (C=O) groups excluding carboxylic acids is 1. The van der Waals surface area contributed by atoms with Gasteiger partial charge in [-0.3, -0.25) is 9.00 Å². The molecule has 4 nitrogen and oxygen atoms in total. The van der Waals surface area contributed by atoms with Crippen LogP contribution < -0.4 is 5.32 Å². The highest BCUT2D eigenvalue weighted by molar-refractivity contribution is 7.87. The second-order valence-corrected chi connectivity index (χ2v) is 4.39. The van der Waals surface area contributed by atoms with Crippen molar-refractivity contribution in [2.45, 2.75) is 12.2 Å². The molecule has 0 amide bonds. The summed E-state index contributed by atoms with van der Waals surface area (Å²) >= 11 is 0. The first-order chi connectivity index (χ1) is 6.11. The largest absolute Gasteiger partial charge is 0.468 e. The molecule has 0 saturated carbocycles. The van der Waals surface area contributed by atoms with E-state index in [1.165, 1.54) is 7.11 Å². The smallest absolute Gasteiger partial charge is 0.327 e. The van der Waals surface area contributed by atoms with Crippen molar-refractivity contribution in [2.75, 3.05) is 19.9 Å². The Hall–Kier alpha value is -0.840. The third-order valence-corrected chi connectivity index (χ3v) is 3.70. The van der Waals surface area contributed by atoms with E-state index in [4.69, 9.17) is 0 Å². The normalized spacial score (nSPS) is 27.6. The Morgan fingerprint density at radius 2 is 2.31 bits per heavy atom. The fourth-order valence-electron chi connectivity index (χ4n) is 1.41. The van der Waals surface area contributed by atoms with Crippen LogP contribution in [0.1, 0.15) is 6.92 Å². The van der Waals surface area contributed by atoms with Crippen molar-refractivity contribution in [1.29, 1.82) is 0 Å². The number of methoxy groups -OCH3 is 1. The van der Waals surface area contributed by atoms with Crippen LogP contribution in [0.25, 0.3) is 0 Å². The monoisotopic (exact) mass is 203 g/mol. The van der Waals surface area contributed by atoms with Gasteiger partial charge in [-0.2, -0.15) is 0 Å². The van der Waals surface area contributed by atoms with Crippen LogP contribution in [-0.4, -0.2) is 35.3 Å². The van der Waals surface area contributed by atoms with Gasteiger partial charge in [0.1, 0.15) is 0 Å². The summed E-state index contributed by atoms with van der Waals surface area (Å²) in [4.78, 5) is 11.2. The lowest BCUT2D eigenvalue weighted by Crippen LogP contribution is -2.31. The van der Waals surface area contributed by atoms with E-state index in [0.29, 0.717) is 5.75 Å². The van der Waals surface area contributed by atoms with E-state index in [1.807, 2.05) is 6.92 Å². The molecule has 0 radical (unpaired) electrons. The van der Waals surface area contributed by atoms with Gasteiger partial charge < -0.3 is 10.1 Å². The highest BCUT2D eigenvalue weighted by atomic mass is 32.2. The molecule has 1 aliphatic heterocycles. The molecule has 0 aliphatic carbocycles. The second-order valence-electron chi connectivity index (χ2n) is 2.87. The second kappa shape index (κ2) is 3.91. The molecule has 0 aromatic rings. The van der Waals surface area contributed by atoms with Gasteiger partial charge in [0.2, 0.25) is 0 Å². The SMILES string of the molecule is CNC1=C(C)CS(=O)C1C(=O)OC. The number of hydrogen-bond donors (Lipinski definition) is 1. The Balaban J connectivity index is 2.95. The predicted octanol–water partition coefficient (Wildman–Crippen LogP) is -0.216. The molecule has 0 aromatic carbocycles. The molecule has 0 fully saturated rings. The first-order valence-corrected chi connectivity index (χ1v) is 5.32. The summed E-state index contributed by atoms with van der Waals surface area (Å²) in [5.74, 6) is 0.0233. The van der Waals surface area contributed by atoms with E-state index in [2.05, 4.69) is 10.1 Å². The third kappa shape index (κ3) is 1.75. The summed E-state index contributed by atoms with van der Waals surface area (Å²) < 4.78 is 16.1. The number of esters is 1. The van der Waals surface area contributed by atoms with Crippen molar-refractivity contribution in [3.05, 3.63) is 11.3 Å². The van der Waals surface area contributed by atoms with Crippen LogP contribution in [0.3, 0.4) is 0 Å². The molecular weight excluding hydrogens is 190 g/mol. The van der Waals surface area contributed by atoms with Crippen LogP contribution in [-0.2, 0) is 20.3 Å². The molecule has 0 aromatic heterocycles. The van der Waals surface area contributed by atoms with Gasteiger partial charge in [0, 0.05) is 29.3 Å². The number of carbonyl (C=O) groups is 1. The zero-order valence-electron chi connectivity index (χ0n) is 7.92. The maximum absolute atomic E-state index is 11.5. The summed E-state index contributed by atoms with van der Waals surface area (Å²) in [6.07, 6.45) is 0. The van der Waals surface area contributed by atoms with Gasteiger partial charge in [-0.15, -0.1) is 0 Å². The topological polar surface area (TPSA) is 55.4 Å². The lowest BCUT2D eigenvalue weighted by atomic mass is 10.2. The van der Waals surface area contributed by atoms with Gasteiger partial charge in [0.15, 0.2) is 5.25 Å². The van der Waals surface area contributed by atoms with E-state index >= 15 is 0 Å². The predicted molar refractivity (Wildman–Crippen MR) is 50.6 cm³/mol. The standard InChI is InChI=1S/C8H13NO3S/c1-5-4-13(11)7(6(5)9-2)8(10)12-3/h7,9H,4H2,1-3H3. The Bertz CT molecular complexity index is 285. The average molecular weight is 203 g/mol. The van der Waals surface area contributed by atoms with E-state index in [9.17, 15) is 9.00 Å². The molecule has 1 aliphatic rings.